The van der Waals surface area contributed by atoms with Gasteiger partial charge in [0.05, 0.1) is 12.2 Å². The van der Waals surface area contributed by atoms with Crippen molar-refractivity contribution in [3.8, 4) is 0 Å². The predicted molar refractivity (Wildman–Crippen MR) is 76.4 cm³/mol. The lowest BCUT2D eigenvalue weighted by molar-refractivity contribution is 0.470. The molecule has 0 aliphatic carbocycles. The fourth-order valence-electron chi connectivity index (χ4n) is 1.59. The molecule has 0 atom stereocenters. The van der Waals surface area contributed by atoms with E-state index in [2.05, 4.69) is 26.0 Å². The molecule has 0 saturated heterocycles. The second kappa shape index (κ2) is 5.94. The lowest BCUT2D eigenvalue weighted by atomic mass is 10.3. The minimum atomic E-state index is -3.92. The van der Waals surface area contributed by atoms with Crippen molar-refractivity contribution in [1.29, 1.82) is 0 Å². The van der Waals surface area contributed by atoms with Gasteiger partial charge in [0.25, 0.3) is 10.0 Å². The number of anilines is 1. The van der Waals surface area contributed by atoms with Gasteiger partial charge in [0, 0.05) is 6.07 Å². The molecule has 0 spiro atoms. The minimum absolute atomic E-state index is 0.0755. The topological polar surface area (TPSA) is 71.3 Å². The van der Waals surface area contributed by atoms with Crippen LogP contribution in [-0.2, 0) is 16.6 Å². The standard InChI is InChI=1S/C12H12BrFN2O3S/c1-15-7-8-6-11(12(13)19-8)20(17,18)16-10-5-3-2-4-9(10)14/h2-6,15-16H,7H2,1H3. The van der Waals surface area contributed by atoms with Crippen molar-refractivity contribution in [2.75, 3.05) is 11.8 Å². The third kappa shape index (κ3) is 3.20. The van der Waals surface area contributed by atoms with Crippen molar-refractivity contribution in [2.45, 2.75) is 11.4 Å². The maximum Gasteiger partial charge on any atom is 0.266 e. The van der Waals surface area contributed by atoms with E-state index in [1.165, 1.54) is 30.3 Å². The van der Waals surface area contributed by atoms with Crippen LogP contribution in [0.1, 0.15) is 5.76 Å². The molecule has 2 rings (SSSR count). The Balaban J connectivity index is 2.33. The molecule has 108 valence electrons. The summed E-state index contributed by atoms with van der Waals surface area (Å²) in [4.78, 5) is -0.0778. The number of sulfonamides is 1. The highest BCUT2D eigenvalue weighted by Gasteiger charge is 2.23. The van der Waals surface area contributed by atoms with Crippen LogP contribution in [0, 0.1) is 5.82 Å². The number of nitrogens with one attached hydrogen (secondary N) is 2. The third-order valence-electron chi connectivity index (χ3n) is 2.47. The first-order chi connectivity index (χ1) is 9.44. The summed E-state index contributed by atoms with van der Waals surface area (Å²) in [6.45, 7) is 0.383. The zero-order chi connectivity index (χ0) is 14.8. The first-order valence-electron chi connectivity index (χ1n) is 5.64. The fourth-order valence-corrected chi connectivity index (χ4v) is 3.65. The molecule has 0 unspecified atom stereocenters. The quantitative estimate of drug-likeness (QED) is 0.857. The van der Waals surface area contributed by atoms with E-state index < -0.39 is 15.8 Å². The summed E-state index contributed by atoms with van der Waals surface area (Å²) in [6.07, 6.45) is 0. The van der Waals surface area contributed by atoms with Gasteiger partial charge in [-0.05, 0) is 35.1 Å². The summed E-state index contributed by atoms with van der Waals surface area (Å²) >= 11 is 3.05. The van der Waals surface area contributed by atoms with Crippen LogP contribution in [0.2, 0.25) is 0 Å². The van der Waals surface area contributed by atoms with Crippen molar-refractivity contribution in [3.05, 3.63) is 46.6 Å². The van der Waals surface area contributed by atoms with Gasteiger partial charge in [0.15, 0.2) is 4.67 Å². The molecule has 0 saturated carbocycles. The van der Waals surface area contributed by atoms with Gasteiger partial charge >= 0.3 is 0 Å². The van der Waals surface area contributed by atoms with Crippen LogP contribution in [0.4, 0.5) is 10.1 Å². The molecule has 8 heteroatoms. The highest BCUT2D eigenvalue weighted by atomic mass is 79.9. The molecule has 0 radical (unpaired) electrons. The first-order valence-corrected chi connectivity index (χ1v) is 7.92. The molecule has 2 N–H and O–H groups in total. The molecule has 0 fully saturated rings. The fraction of sp³-hybridized carbons (Fsp3) is 0.167. The van der Waals surface area contributed by atoms with Gasteiger partial charge in [-0.2, -0.15) is 0 Å². The zero-order valence-electron chi connectivity index (χ0n) is 10.5. The minimum Gasteiger partial charge on any atom is -0.451 e. The van der Waals surface area contributed by atoms with E-state index in [4.69, 9.17) is 4.42 Å². The normalized spacial score (nSPS) is 11.6. The SMILES string of the molecule is CNCc1cc(S(=O)(=O)Nc2ccccc2F)c(Br)o1. The van der Waals surface area contributed by atoms with Crippen LogP contribution >= 0.6 is 15.9 Å². The van der Waals surface area contributed by atoms with Crippen molar-refractivity contribution >= 4 is 31.6 Å². The monoisotopic (exact) mass is 362 g/mol. The Hall–Kier alpha value is -1.38. The molecule has 1 heterocycles. The van der Waals surface area contributed by atoms with Crippen LogP contribution in [-0.4, -0.2) is 15.5 Å². The second-order valence-corrected chi connectivity index (χ2v) is 6.34. The zero-order valence-corrected chi connectivity index (χ0v) is 12.9. The van der Waals surface area contributed by atoms with Gasteiger partial charge in [-0.25, -0.2) is 12.8 Å². The molecule has 1 aromatic carbocycles. The summed E-state index contributed by atoms with van der Waals surface area (Å²) in [5.74, 6) is -0.195. The molecule has 0 aliphatic rings. The van der Waals surface area contributed by atoms with Crippen molar-refractivity contribution < 1.29 is 17.2 Å². The van der Waals surface area contributed by atoms with Gasteiger partial charge < -0.3 is 9.73 Å². The first kappa shape index (κ1) is 15.0. The summed E-state index contributed by atoms with van der Waals surface area (Å²) in [5, 5.41) is 2.84. The van der Waals surface area contributed by atoms with Gasteiger partial charge in [-0.1, -0.05) is 12.1 Å². The van der Waals surface area contributed by atoms with Crippen molar-refractivity contribution in [1.82, 2.24) is 5.32 Å². The number of rotatable bonds is 5. The number of hydrogen-bond donors (Lipinski definition) is 2. The summed E-state index contributed by atoms with van der Waals surface area (Å²) in [6, 6.07) is 6.91. The smallest absolute Gasteiger partial charge is 0.266 e. The van der Waals surface area contributed by atoms with Crippen molar-refractivity contribution in [3.63, 3.8) is 0 Å². The van der Waals surface area contributed by atoms with Gasteiger partial charge in [0.2, 0.25) is 0 Å². The van der Waals surface area contributed by atoms with Crippen LogP contribution in [0.15, 0.2) is 44.3 Å². The Morgan fingerprint density at radius 3 is 2.70 bits per heavy atom. The molecule has 2 aromatic rings. The van der Waals surface area contributed by atoms with Crippen LogP contribution in [0.3, 0.4) is 0 Å². The number of halogens is 2. The Bertz CT molecular complexity index is 715. The number of furan rings is 1. The van der Waals surface area contributed by atoms with Gasteiger partial charge in [-0.15, -0.1) is 0 Å². The molecule has 0 aliphatic heterocycles. The lowest BCUT2D eigenvalue weighted by Crippen LogP contribution is -2.13. The Morgan fingerprint density at radius 2 is 2.05 bits per heavy atom. The number of benzene rings is 1. The average Bonchev–Trinajstić information content (AvgIpc) is 2.74. The molecule has 5 nitrogen and oxygen atoms in total. The van der Waals surface area contributed by atoms with Gasteiger partial charge in [-0.3, -0.25) is 4.72 Å². The average molecular weight is 363 g/mol. The van der Waals surface area contributed by atoms with Crippen LogP contribution < -0.4 is 10.0 Å². The Morgan fingerprint density at radius 1 is 1.35 bits per heavy atom. The van der Waals surface area contributed by atoms with E-state index in [1.54, 1.807) is 7.05 Å². The largest absolute Gasteiger partial charge is 0.451 e. The second-order valence-electron chi connectivity index (χ2n) is 3.97. The van der Waals surface area contributed by atoms with Gasteiger partial charge in [0.1, 0.15) is 16.5 Å². The van der Waals surface area contributed by atoms with E-state index in [0.29, 0.717) is 12.3 Å². The predicted octanol–water partition coefficient (Wildman–Crippen LogP) is 2.70. The molecule has 1 aromatic heterocycles. The van der Waals surface area contributed by atoms with Crippen molar-refractivity contribution in [2.24, 2.45) is 0 Å². The molecular weight excluding hydrogens is 351 g/mol. The maximum absolute atomic E-state index is 13.5. The highest BCUT2D eigenvalue weighted by Crippen LogP contribution is 2.28. The van der Waals surface area contributed by atoms with E-state index in [0.717, 1.165) is 0 Å². The van der Waals surface area contributed by atoms with E-state index in [9.17, 15) is 12.8 Å². The number of hydrogen-bond acceptors (Lipinski definition) is 4. The maximum atomic E-state index is 13.5. The lowest BCUT2D eigenvalue weighted by Gasteiger charge is -2.07. The van der Waals surface area contributed by atoms with E-state index >= 15 is 0 Å². The van der Waals surface area contributed by atoms with E-state index in [-0.39, 0.29) is 15.3 Å². The molecular formula is C12H12BrFN2O3S. The Kier molecular flexibility index (Phi) is 4.46. The summed E-state index contributed by atoms with van der Waals surface area (Å²) < 4.78 is 45.4. The van der Waals surface area contributed by atoms with E-state index in [1.807, 2.05) is 0 Å². The molecule has 20 heavy (non-hydrogen) atoms. The molecule has 0 amide bonds. The molecule has 0 bridgehead atoms. The third-order valence-corrected chi connectivity index (χ3v) is 4.69. The summed E-state index contributed by atoms with van der Waals surface area (Å²) in [5.41, 5.74) is -0.115. The highest BCUT2D eigenvalue weighted by molar-refractivity contribution is 9.10. The van der Waals surface area contributed by atoms with Crippen LogP contribution in [0.25, 0.3) is 0 Å². The van der Waals surface area contributed by atoms with Crippen LogP contribution in [0.5, 0.6) is 0 Å². The summed E-state index contributed by atoms with van der Waals surface area (Å²) in [7, 11) is -2.21. The number of para-hydroxylation sites is 1. The Labute approximate surface area is 124 Å².